The zero-order valence-corrected chi connectivity index (χ0v) is 10.8. The van der Waals surface area contributed by atoms with Gasteiger partial charge in [-0.3, -0.25) is 4.79 Å². The molecule has 0 heterocycles. The van der Waals surface area contributed by atoms with E-state index in [1.165, 1.54) is 0 Å². The van der Waals surface area contributed by atoms with E-state index in [-0.39, 0.29) is 11.2 Å². The molecule has 0 bridgehead atoms. The van der Waals surface area contributed by atoms with Crippen molar-refractivity contribution in [3.05, 3.63) is 35.4 Å². The molecule has 2 rings (SSSR count). The van der Waals surface area contributed by atoms with Crippen molar-refractivity contribution < 1.29 is 4.79 Å². The number of Topliss-reactive ketones (excluding diaryl/α,β-unsaturated/α-hetero) is 1. The molecule has 0 aromatic heterocycles. The average molecular weight is 229 g/mol. The third kappa shape index (κ3) is 2.55. The zero-order chi connectivity index (χ0) is 12.9. The monoisotopic (exact) mass is 229 g/mol. The summed E-state index contributed by atoms with van der Waals surface area (Å²) >= 11 is 0. The van der Waals surface area contributed by atoms with E-state index in [0.29, 0.717) is 6.42 Å². The van der Waals surface area contributed by atoms with Gasteiger partial charge in [0.05, 0.1) is 11.5 Å². The maximum Gasteiger partial charge on any atom is 0.162 e. The number of hydrogen-bond acceptors (Lipinski definition) is 2. The summed E-state index contributed by atoms with van der Waals surface area (Å²) in [5.74, 6) is 0.132. The minimum absolute atomic E-state index is 0.132. The normalized spacial score (nSPS) is 15.2. The van der Waals surface area contributed by atoms with Gasteiger partial charge in [0.25, 0.3) is 0 Å². The summed E-state index contributed by atoms with van der Waals surface area (Å²) in [5, 5.41) is 9.13. The van der Waals surface area contributed by atoms with Gasteiger partial charge in [-0.2, -0.15) is 5.26 Å². The van der Waals surface area contributed by atoms with Crippen molar-refractivity contribution in [2.75, 3.05) is 0 Å². The van der Waals surface area contributed by atoms with Crippen LogP contribution in [0.1, 0.15) is 56.0 Å². The Morgan fingerprint density at radius 3 is 2.41 bits per heavy atom. The van der Waals surface area contributed by atoms with Crippen molar-refractivity contribution >= 4 is 5.78 Å². The van der Waals surface area contributed by atoms with Gasteiger partial charge >= 0.3 is 0 Å². The van der Waals surface area contributed by atoms with Crippen LogP contribution < -0.4 is 0 Å². The molecular weight excluding hydrogens is 210 g/mol. The van der Waals surface area contributed by atoms with Crippen LogP contribution in [0.15, 0.2) is 24.3 Å². The topological polar surface area (TPSA) is 40.9 Å². The molecule has 0 saturated heterocycles. The quantitative estimate of drug-likeness (QED) is 0.738. The van der Waals surface area contributed by atoms with Crippen molar-refractivity contribution in [2.45, 2.75) is 45.4 Å². The smallest absolute Gasteiger partial charge is 0.162 e. The van der Waals surface area contributed by atoms with E-state index in [4.69, 9.17) is 5.26 Å². The molecule has 1 aliphatic rings. The van der Waals surface area contributed by atoms with Crippen molar-refractivity contribution in [1.82, 2.24) is 0 Å². The third-order valence-electron chi connectivity index (χ3n) is 3.03. The highest BCUT2D eigenvalue weighted by molar-refractivity contribution is 5.98. The van der Waals surface area contributed by atoms with Crippen LogP contribution >= 0.6 is 0 Å². The molecule has 17 heavy (non-hydrogen) atoms. The van der Waals surface area contributed by atoms with Crippen molar-refractivity contribution in [3.63, 3.8) is 0 Å². The van der Waals surface area contributed by atoms with E-state index in [0.717, 1.165) is 24.0 Å². The molecule has 1 aliphatic carbocycles. The second-order valence-corrected chi connectivity index (χ2v) is 4.02. The van der Waals surface area contributed by atoms with Crippen LogP contribution in [0.25, 0.3) is 0 Å². The number of nitriles is 1. The van der Waals surface area contributed by atoms with Gasteiger partial charge in [0.2, 0.25) is 0 Å². The molecule has 0 N–H and O–H groups in total. The van der Waals surface area contributed by atoms with Crippen molar-refractivity contribution in [2.24, 2.45) is 0 Å². The molecule has 0 spiro atoms. The van der Waals surface area contributed by atoms with Crippen LogP contribution in [-0.4, -0.2) is 5.78 Å². The van der Waals surface area contributed by atoms with Gasteiger partial charge in [0.15, 0.2) is 5.78 Å². The molecule has 2 heteroatoms. The number of ketones is 1. The second kappa shape index (κ2) is 5.63. The largest absolute Gasteiger partial charge is 0.294 e. The van der Waals surface area contributed by atoms with Crippen LogP contribution in [0.5, 0.6) is 0 Å². The SMILES string of the molecule is CC.CCC(=O)c1ccccc1C1(C#N)CC1. The second-order valence-electron chi connectivity index (χ2n) is 4.02. The molecular formula is C15H19NO. The molecule has 90 valence electrons. The summed E-state index contributed by atoms with van der Waals surface area (Å²) < 4.78 is 0. The Morgan fingerprint density at radius 1 is 1.35 bits per heavy atom. The molecule has 1 fully saturated rings. The van der Waals surface area contributed by atoms with Gasteiger partial charge in [-0.05, 0) is 18.4 Å². The van der Waals surface area contributed by atoms with Crippen LogP contribution in [0.3, 0.4) is 0 Å². The first-order valence-corrected chi connectivity index (χ1v) is 6.27. The van der Waals surface area contributed by atoms with E-state index in [2.05, 4.69) is 6.07 Å². The summed E-state index contributed by atoms with van der Waals surface area (Å²) in [5.41, 5.74) is 1.31. The maximum atomic E-state index is 11.7. The predicted octanol–water partition coefficient (Wildman–Crippen LogP) is 3.86. The maximum absolute atomic E-state index is 11.7. The van der Waals surface area contributed by atoms with E-state index >= 15 is 0 Å². The Bertz CT molecular complexity index is 438. The third-order valence-corrected chi connectivity index (χ3v) is 3.03. The first-order valence-electron chi connectivity index (χ1n) is 6.27. The van der Waals surface area contributed by atoms with Gasteiger partial charge in [0, 0.05) is 12.0 Å². The Labute approximate surface area is 103 Å². The van der Waals surface area contributed by atoms with Crippen LogP contribution in [0.4, 0.5) is 0 Å². The van der Waals surface area contributed by atoms with Gasteiger partial charge in [-0.25, -0.2) is 0 Å². The van der Waals surface area contributed by atoms with Gasteiger partial charge in [-0.1, -0.05) is 45.0 Å². The first kappa shape index (κ1) is 13.4. The van der Waals surface area contributed by atoms with E-state index in [1.807, 2.05) is 45.0 Å². The number of benzene rings is 1. The van der Waals surface area contributed by atoms with Crippen molar-refractivity contribution in [3.8, 4) is 6.07 Å². The average Bonchev–Trinajstić information content (AvgIpc) is 3.21. The van der Waals surface area contributed by atoms with Gasteiger partial charge in [0.1, 0.15) is 0 Å². The molecule has 0 radical (unpaired) electrons. The fraction of sp³-hybridized carbons (Fsp3) is 0.467. The molecule has 0 aliphatic heterocycles. The van der Waals surface area contributed by atoms with E-state index < -0.39 is 0 Å². The summed E-state index contributed by atoms with van der Waals surface area (Å²) in [6, 6.07) is 9.85. The highest BCUT2D eigenvalue weighted by Gasteiger charge is 2.46. The molecule has 0 unspecified atom stereocenters. The van der Waals surface area contributed by atoms with Gasteiger partial charge < -0.3 is 0 Å². The summed E-state index contributed by atoms with van der Waals surface area (Å²) in [6.45, 7) is 5.85. The van der Waals surface area contributed by atoms with Crippen LogP contribution in [0.2, 0.25) is 0 Å². The highest BCUT2D eigenvalue weighted by Crippen LogP contribution is 2.48. The zero-order valence-electron chi connectivity index (χ0n) is 10.8. The Hall–Kier alpha value is -1.62. The molecule has 2 nitrogen and oxygen atoms in total. The standard InChI is InChI=1S/C13H13NO.C2H6/c1-2-12(15)10-5-3-4-6-11(10)13(9-14)7-8-13;1-2/h3-6H,2,7-8H2,1H3;1-2H3. The van der Waals surface area contributed by atoms with Crippen LogP contribution in [0, 0.1) is 11.3 Å². The number of carbonyl (C=O) groups is 1. The number of rotatable bonds is 3. The minimum atomic E-state index is -0.360. The molecule has 0 amide bonds. The Morgan fingerprint density at radius 2 is 1.94 bits per heavy atom. The number of carbonyl (C=O) groups excluding carboxylic acids is 1. The summed E-state index contributed by atoms with van der Waals surface area (Å²) in [7, 11) is 0. The summed E-state index contributed by atoms with van der Waals surface area (Å²) in [4.78, 5) is 11.7. The Kier molecular flexibility index (Phi) is 4.45. The number of nitrogens with zero attached hydrogens (tertiary/aromatic N) is 1. The highest BCUT2D eigenvalue weighted by atomic mass is 16.1. The van der Waals surface area contributed by atoms with E-state index in [9.17, 15) is 4.79 Å². The lowest BCUT2D eigenvalue weighted by Crippen LogP contribution is -2.10. The summed E-state index contributed by atoms with van der Waals surface area (Å²) in [6.07, 6.45) is 2.27. The molecule has 1 saturated carbocycles. The minimum Gasteiger partial charge on any atom is -0.294 e. The molecule has 1 aromatic rings. The lowest BCUT2D eigenvalue weighted by molar-refractivity contribution is 0.0987. The van der Waals surface area contributed by atoms with Crippen molar-refractivity contribution in [1.29, 1.82) is 5.26 Å². The van der Waals surface area contributed by atoms with Gasteiger partial charge in [-0.15, -0.1) is 0 Å². The Balaban J connectivity index is 0.000000686. The molecule has 0 atom stereocenters. The lowest BCUT2D eigenvalue weighted by Gasteiger charge is -2.11. The van der Waals surface area contributed by atoms with Crippen LogP contribution in [-0.2, 0) is 5.41 Å². The fourth-order valence-electron chi connectivity index (χ4n) is 1.90. The number of hydrogen-bond donors (Lipinski definition) is 0. The lowest BCUT2D eigenvalue weighted by atomic mass is 9.90. The van der Waals surface area contributed by atoms with E-state index in [1.54, 1.807) is 0 Å². The first-order chi connectivity index (χ1) is 8.23. The fourth-order valence-corrected chi connectivity index (χ4v) is 1.90. The predicted molar refractivity (Wildman–Crippen MR) is 68.9 cm³/mol. The molecule has 1 aromatic carbocycles.